The Kier molecular flexibility index (Phi) is 2.68. The summed E-state index contributed by atoms with van der Waals surface area (Å²) in [5.41, 5.74) is 5.11. The molecule has 0 aliphatic carbocycles. The number of rotatable bonds is 1. The summed E-state index contributed by atoms with van der Waals surface area (Å²) in [4.78, 5) is 13.3. The molecule has 2 aliphatic rings. The van der Waals surface area contributed by atoms with Crippen molar-refractivity contribution in [3.05, 3.63) is 11.1 Å². The lowest BCUT2D eigenvalue weighted by atomic mass is 10.3. The lowest BCUT2D eigenvalue weighted by Crippen LogP contribution is -2.43. The van der Waals surface area contributed by atoms with Crippen molar-refractivity contribution < 1.29 is 17.9 Å². The van der Waals surface area contributed by atoms with Crippen LogP contribution in [0.15, 0.2) is 15.5 Å². The lowest BCUT2D eigenvalue weighted by Gasteiger charge is -2.26. The first kappa shape index (κ1) is 11.1. The van der Waals surface area contributed by atoms with Crippen molar-refractivity contribution in [2.45, 2.75) is 0 Å². The summed E-state index contributed by atoms with van der Waals surface area (Å²) in [6.07, 6.45) is 1.09. The molecule has 2 aliphatic heterocycles. The number of sulfonamides is 1. The number of carbonyl (C=O) groups excluding carboxylic acids is 1. The van der Waals surface area contributed by atoms with Crippen LogP contribution in [0.3, 0.4) is 0 Å². The van der Waals surface area contributed by atoms with Gasteiger partial charge in [-0.05, 0) is 0 Å². The van der Waals surface area contributed by atoms with E-state index in [0.29, 0.717) is 26.3 Å². The van der Waals surface area contributed by atoms with Gasteiger partial charge < -0.3 is 15.4 Å². The third-order valence-electron chi connectivity index (χ3n) is 2.31. The van der Waals surface area contributed by atoms with Crippen LogP contribution in [0.5, 0.6) is 0 Å². The number of hydrogen-bond acceptors (Lipinski definition) is 5. The highest BCUT2D eigenvalue weighted by atomic mass is 32.2. The Morgan fingerprint density at radius 1 is 1.44 bits per heavy atom. The van der Waals surface area contributed by atoms with E-state index >= 15 is 0 Å². The molecular formula is C8H11N3O4S. The fraction of sp³-hybridized carbons (Fsp3) is 0.500. The van der Waals surface area contributed by atoms with Gasteiger partial charge >= 0.3 is 0 Å². The largest absolute Gasteiger partial charge is 0.388 e. The fourth-order valence-corrected chi connectivity index (χ4v) is 2.20. The highest BCUT2D eigenvalue weighted by Crippen LogP contribution is 2.13. The first-order valence-corrected chi connectivity index (χ1v) is 6.14. The molecule has 16 heavy (non-hydrogen) atoms. The zero-order chi connectivity index (χ0) is 11.8. The maximum atomic E-state index is 11.8. The van der Waals surface area contributed by atoms with Gasteiger partial charge in [0, 0.05) is 19.2 Å². The van der Waals surface area contributed by atoms with Crippen molar-refractivity contribution in [2.24, 2.45) is 10.1 Å². The van der Waals surface area contributed by atoms with Crippen molar-refractivity contribution in [3.8, 4) is 0 Å². The zero-order valence-corrected chi connectivity index (χ0v) is 9.24. The third kappa shape index (κ3) is 1.93. The minimum Gasteiger partial charge on any atom is -0.388 e. The topological polar surface area (TPSA) is 102 Å². The number of carbonyl (C=O) groups is 1. The maximum absolute atomic E-state index is 11.8. The maximum Gasteiger partial charge on any atom is 0.298 e. The van der Waals surface area contributed by atoms with E-state index in [2.05, 4.69) is 4.40 Å². The van der Waals surface area contributed by atoms with E-state index in [-0.39, 0.29) is 10.7 Å². The zero-order valence-electron chi connectivity index (χ0n) is 8.42. The Labute approximate surface area is 92.6 Å². The van der Waals surface area contributed by atoms with E-state index in [1.54, 1.807) is 0 Å². The number of nitrogens with two attached hydrogens (primary N) is 1. The Morgan fingerprint density at radius 3 is 2.56 bits per heavy atom. The molecule has 2 rings (SSSR count). The molecule has 0 spiro atoms. The number of morpholine rings is 1. The molecule has 1 fully saturated rings. The van der Waals surface area contributed by atoms with Crippen LogP contribution in [0, 0.1) is 0 Å². The van der Waals surface area contributed by atoms with Crippen LogP contribution in [0.4, 0.5) is 0 Å². The summed E-state index contributed by atoms with van der Waals surface area (Å²) in [6.45, 7) is 1.77. The van der Waals surface area contributed by atoms with E-state index < -0.39 is 15.9 Å². The molecule has 0 aromatic heterocycles. The van der Waals surface area contributed by atoms with Crippen LogP contribution in [-0.4, -0.2) is 51.2 Å². The highest BCUT2D eigenvalue weighted by Gasteiger charge is 2.29. The first-order valence-electron chi connectivity index (χ1n) is 4.70. The second-order valence-corrected chi connectivity index (χ2v) is 5.01. The van der Waals surface area contributed by atoms with Crippen molar-refractivity contribution in [2.75, 3.05) is 26.3 Å². The third-order valence-corrected chi connectivity index (χ3v) is 3.46. The molecule has 0 aromatic carbocycles. The molecule has 1 amide bonds. The SMILES string of the molecule is NC1=CC(C(=O)N2CCOCC2)=NS1(=O)=O. The second-order valence-electron chi connectivity index (χ2n) is 3.40. The van der Waals surface area contributed by atoms with Gasteiger partial charge in [-0.2, -0.15) is 12.8 Å². The molecule has 0 radical (unpaired) electrons. The van der Waals surface area contributed by atoms with Crippen LogP contribution in [-0.2, 0) is 19.6 Å². The summed E-state index contributed by atoms with van der Waals surface area (Å²) >= 11 is 0. The van der Waals surface area contributed by atoms with Gasteiger partial charge in [0.05, 0.1) is 13.2 Å². The molecular weight excluding hydrogens is 234 g/mol. The van der Waals surface area contributed by atoms with Crippen molar-refractivity contribution in [3.63, 3.8) is 0 Å². The van der Waals surface area contributed by atoms with Gasteiger partial charge in [0.25, 0.3) is 15.9 Å². The minimum absolute atomic E-state index is 0.126. The van der Waals surface area contributed by atoms with Gasteiger partial charge in [-0.15, -0.1) is 0 Å². The summed E-state index contributed by atoms with van der Waals surface area (Å²) < 4.78 is 30.8. The Hall–Kier alpha value is -1.41. The average molecular weight is 245 g/mol. The number of amides is 1. The predicted octanol–water partition coefficient (Wildman–Crippen LogP) is -1.57. The van der Waals surface area contributed by atoms with Crippen molar-refractivity contribution in [1.29, 1.82) is 0 Å². The summed E-state index contributed by atoms with van der Waals surface area (Å²) in [6, 6.07) is 0. The fourth-order valence-electron chi connectivity index (χ4n) is 1.45. The van der Waals surface area contributed by atoms with E-state index in [9.17, 15) is 13.2 Å². The Balaban J connectivity index is 2.18. The number of hydrogen-bond donors (Lipinski definition) is 1. The molecule has 0 saturated carbocycles. The van der Waals surface area contributed by atoms with Crippen LogP contribution in [0.2, 0.25) is 0 Å². The van der Waals surface area contributed by atoms with Crippen molar-refractivity contribution in [1.82, 2.24) is 4.90 Å². The molecule has 88 valence electrons. The molecule has 1 saturated heterocycles. The van der Waals surface area contributed by atoms with E-state index in [4.69, 9.17) is 10.5 Å². The number of ether oxygens (including phenoxy) is 1. The van der Waals surface area contributed by atoms with Gasteiger partial charge in [0.1, 0.15) is 5.71 Å². The molecule has 2 heterocycles. The minimum atomic E-state index is -3.81. The van der Waals surface area contributed by atoms with Gasteiger partial charge in [-0.3, -0.25) is 4.79 Å². The highest BCUT2D eigenvalue weighted by molar-refractivity contribution is 7.94. The van der Waals surface area contributed by atoms with E-state index in [0.717, 1.165) is 6.08 Å². The second kappa shape index (κ2) is 3.87. The van der Waals surface area contributed by atoms with Crippen LogP contribution in [0.1, 0.15) is 0 Å². The van der Waals surface area contributed by atoms with Crippen LogP contribution >= 0.6 is 0 Å². The molecule has 0 aromatic rings. The molecule has 7 nitrogen and oxygen atoms in total. The quantitative estimate of drug-likeness (QED) is 0.601. The standard InChI is InChI=1S/C8H11N3O4S/c9-7-5-6(10-16(7,13)14)8(12)11-1-3-15-4-2-11/h5H,1-4,9H2. The monoisotopic (exact) mass is 245 g/mol. The van der Waals surface area contributed by atoms with Gasteiger partial charge in [-0.1, -0.05) is 0 Å². The van der Waals surface area contributed by atoms with Gasteiger partial charge in [-0.25, -0.2) is 0 Å². The average Bonchev–Trinajstić information content (AvgIpc) is 2.54. The van der Waals surface area contributed by atoms with Crippen LogP contribution < -0.4 is 5.73 Å². The lowest BCUT2D eigenvalue weighted by molar-refractivity contribution is -0.127. The van der Waals surface area contributed by atoms with E-state index in [1.165, 1.54) is 4.90 Å². The molecule has 8 heteroatoms. The molecule has 0 bridgehead atoms. The number of nitrogens with zero attached hydrogens (tertiary/aromatic N) is 2. The Bertz CT molecular complexity index is 474. The van der Waals surface area contributed by atoms with Crippen molar-refractivity contribution >= 4 is 21.6 Å². The first-order chi connectivity index (χ1) is 7.50. The van der Waals surface area contributed by atoms with E-state index in [1.807, 2.05) is 0 Å². The smallest absolute Gasteiger partial charge is 0.298 e. The Morgan fingerprint density at radius 2 is 2.06 bits per heavy atom. The summed E-state index contributed by atoms with van der Waals surface area (Å²) in [5, 5.41) is -0.385. The van der Waals surface area contributed by atoms with Gasteiger partial charge in [0.2, 0.25) is 0 Å². The summed E-state index contributed by atoms with van der Waals surface area (Å²) in [5.74, 6) is -0.424. The molecule has 0 unspecified atom stereocenters. The van der Waals surface area contributed by atoms with Crippen LogP contribution in [0.25, 0.3) is 0 Å². The predicted molar refractivity (Wildman–Crippen MR) is 56.0 cm³/mol. The summed E-state index contributed by atoms with van der Waals surface area (Å²) in [7, 11) is -3.81. The molecule has 0 atom stereocenters. The molecule has 2 N–H and O–H groups in total. The van der Waals surface area contributed by atoms with Gasteiger partial charge in [0.15, 0.2) is 5.03 Å². The normalized spacial score (nSPS) is 23.9.